The van der Waals surface area contributed by atoms with Crippen LogP contribution < -0.4 is 16.1 Å². The first-order chi connectivity index (χ1) is 20.8. The molecule has 0 radical (unpaired) electrons. The van der Waals surface area contributed by atoms with Crippen LogP contribution in [-0.2, 0) is 20.8 Å². The number of nitro groups is 1. The van der Waals surface area contributed by atoms with Gasteiger partial charge < -0.3 is 15.7 Å². The summed E-state index contributed by atoms with van der Waals surface area (Å²) >= 11 is 0. The van der Waals surface area contributed by atoms with Crippen LogP contribution in [0.2, 0.25) is 0 Å². The highest BCUT2D eigenvalue weighted by atomic mass is 19.2. The third-order valence-electron chi connectivity index (χ3n) is 6.44. The Morgan fingerprint density at radius 2 is 1.55 bits per heavy atom. The van der Waals surface area contributed by atoms with Crippen molar-refractivity contribution < 1.29 is 47.2 Å². The Bertz CT molecular complexity index is 1570. The van der Waals surface area contributed by atoms with Crippen LogP contribution in [0.4, 0.5) is 23.2 Å². The molecule has 1 unspecified atom stereocenters. The van der Waals surface area contributed by atoms with E-state index < -0.39 is 74.3 Å². The molecular weight excluding hydrogens is 592 g/mol. The molecule has 232 valence electrons. The van der Waals surface area contributed by atoms with E-state index in [4.69, 9.17) is 5.21 Å². The van der Waals surface area contributed by atoms with Crippen molar-refractivity contribution in [2.75, 3.05) is 6.54 Å². The first kappa shape index (κ1) is 33.2. The fraction of sp³-hybridized carbons (Fsp3) is 0.207. The molecule has 0 aliphatic carbocycles. The lowest BCUT2D eigenvalue weighted by molar-refractivity contribution is -0.384. The molecule has 0 saturated carbocycles. The molecule has 0 heterocycles. The van der Waals surface area contributed by atoms with Gasteiger partial charge in [-0.15, -0.1) is 0 Å². The molecule has 0 saturated heterocycles. The summed E-state index contributed by atoms with van der Waals surface area (Å²) in [6.45, 7) is 0.759. The van der Waals surface area contributed by atoms with Crippen molar-refractivity contribution in [3.05, 3.63) is 104 Å². The van der Waals surface area contributed by atoms with E-state index in [-0.39, 0.29) is 37.1 Å². The zero-order chi connectivity index (χ0) is 32.6. The molecule has 0 aliphatic rings. The molecule has 0 aliphatic heterocycles. The summed E-state index contributed by atoms with van der Waals surface area (Å²) in [6, 6.07) is 8.32. The molecule has 44 heavy (non-hydrogen) atoms. The number of carbonyl (C=O) groups excluding carboxylic acids is 3. The van der Waals surface area contributed by atoms with Crippen LogP contribution in [0.1, 0.15) is 35.1 Å². The van der Waals surface area contributed by atoms with Crippen molar-refractivity contribution >= 4 is 35.1 Å². The summed E-state index contributed by atoms with van der Waals surface area (Å²) in [5.41, 5.74) is -1.40. The van der Waals surface area contributed by atoms with E-state index in [2.05, 4.69) is 10.6 Å². The number of carbonyl (C=O) groups is 3. The maximum Gasteiger partial charge on any atom is 0.269 e. The second-order valence-electron chi connectivity index (χ2n) is 9.48. The standard InChI is InChI=1S/C29H26F4N4O7/c1-15-24(30)26(32)21(27(33)25(15)31)14-20(17-6-8-18(9-7-17)37(43)44)28(40)35-22(13-16-4-10-19(38)11-5-16)29(41)34-12-2-3-23(39)36-42/h4-11,14,22,38,42H,2-3,12-13H2,1H3,(H,34,41)(H,35,40)(H,36,39). The van der Waals surface area contributed by atoms with Crippen LogP contribution in [0, 0.1) is 40.3 Å². The molecule has 0 bridgehead atoms. The third kappa shape index (κ3) is 8.16. The van der Waals surface area contributed by atoms with Gasteiger partial charge in [0.15, 0.2) is 23.3 Å². The van der Waals surface area contributed by atoms with Gasteiger partial charge in [0, 0.05) is 42.7 Å². The number of nitrogens with zero attached hydrogens (tertiary/aromatic N) is 1. The maximum atomic E-state index is 14.8. The minimum atomic E-state index is -1.79. The fourth-order valence-electron chi connectivity index (χ4n) is 4.02. The zero-order valence-electron chi connectivity index (χ0n) is 23.0. The van der Waals surface area contributed by atoms with E-state index in [0.29, 0.717) is 11.6 Å². The summed E-state index contributed by atoms with van der Waals surface area (Å²) in [6.07, 6.45) is 0.323. The average molecular weight is 619 g/mol. The number of hydroxylamine groups is 1. The van der Waals surface area contributed by atoms with Crippen LogP contribution >= 0.6 is 0 Å². The van der Waals surface area contributed by atoms with Gasteiger partial charge in [-0.05, 0) is 54.8 Å². The molecule has 1 atom stereocenters. The third-order valence-corrected chi connectivity index (χ3v) is 6.44. The number of amides is 3. The lowest BCUT2D eigenvalue weighted by atomic mass is 9.98. The minimum absolute atomic E-state index is 0.0579. The molecule has 15 heteroatoms. The van der Waals surface area contributed by atoms with E-state index >= 15 is 0 Å². The SMILES string of the molecule is Cc1c(F)c(F)c(C=C(C(=O)NC(Cc2ccc(O)cc2)C(=O)NCCCC(=O)NO)c2ccc([N+](=O)[O-])cc2)c(F)c1F. The largest absolute Gasteiger partial charge is 0.508 e. The van der Waals surface area contributed by atoms with Crippen molar-refractivity contribution in [3.63, 3.8) is 0 Å². The van der Waals surface area contributed by atoms with Crippen molar-refractivity contribution in [1.29, 1.82) is 0 Å². The minimum Gasteiger partial charge on any atom is -0.508 e. The number of non-ortho nitro benzene ring substituents is 1. The van der Waals surface area contributed by atoms with E-state index in [1.807, 2.05) is 0 Å². The lowest BCUT2D eigenvalue weighted by Gasteiger charge is -2.20. The summed E-state index contributed by atoms with van der Waals surface area (Å²) < 4.78 is 58.3. The molecule has 11 nitrogen and oxygen atoms in total. The highest BCUT2D eigenvalue weighted by molar-refractivity contribution is 6.24. The van der Waals surface area contributed by atoms with Gasteiger partial charge in [-0.25, -0.2) is 23.0 Å². The van der Waals surface area contributed by atoms with Crippen LogP contribution in [0.5, 0.6) is 5.75 Å². The lowest BCUT2D eigenvalue weighted by Crippen LogP contribution is -2.48. The van der Waals surface area contributed by atoms with E-state index in [1.54, 1.807) is 0 Å². The highest BCUT2D eigenvalue weighted by Gasteiger charge is 2.27. The van der Waals surface area contributed by atoms with Gasteiger partial charge in [-0.3, -0.25) is 29.7 Å². The van der Waals surface area contributed by atoms with E-state index in [1.165, 1.54) is 29.7 Å². The molecule has 0 aromatic heterocycles. The van der Waals surface area contributed by atoms with E-state index in [0.717, 1.165) is 31.2 Å². The topological polar surface area (TPSA) is 171 Å². The summed E-state index contributed by atoms with van der Waals surface area (Å²) in [5, 5.41) is 34.2. The monoisotopic (exact) mass is 618 g/mol. The Labute approximate surface area is 247 Å². The molecule has 3 amide bonds. The normalized spacial score (nSPS) is 11.9. The number of phenolic OH excluding ortho intramolecular Hbond substituents is 1. The number of nitro benzene ring substituents is 1. The average Bonchev–Trinajstić information content (AvgIpc) is 3.01. The van der Waals surface area contributed by atoms with Gasteiger partial charge in [0.1, 0.15) is 11.8 Å². The van der Waals surface area contributed by atoms with Crippen LogP contribution in [0.25, 0.3) is 11.6 Å². The van der Waals surface area contributed by atoms with Gasteiger partial charge >= 0.3 is 0 Å². The van der Waals surface area contributed by atoms with E-state index in [9.17, 15) is 47.2 Å². The molecule has 0 spiro atoms. The van der Waals surface area contributed by atoms with Crippen LogP contribution in [0.15, 0.2) is 48.5 Å². The summed E-state index contributed by atoms with van der Waals surface area (Å²) in [5.74, 6) is -9.66. The molecule has 3 rings (SSSR count). The number of phenols is 1. The van der Waals surface area contributed by atoms with Gasteiger partial charge in [0.25, 0.3) is 11.6 Å². The Hall–Kier alpha value is -5.31. The molecule has 5 N–H and O–H groups in total. The first-order valence-electron chi connectivity index (χ1n) is 12.9. The van der Waals surface area contributed by atoms with Crippen molar-refractivity contribution in [3.8, 4) is 5.75 Å². The smallest absolute Gasteiger partial charge is 0.269 e. The van der Waals surface area contributed by atoms with Crippen LogP contribution in [0.3, 0.4) is 0 Å². The number of hydrogen-bond donors (Lipinski definition) is 5. The van der Waals surface area contributed by atoms with Crippen molar-refractivity contribution in [2.24, 2.45) is 0 Å². The van der Waals surface area contributed by atoms with Crippen molar-refractivity contribution in [2.45, 2.75) is 32.2 Å². The highest BCUT2D eigenvalue weighted by Crippen LogP contribution is 2.29. The van der Waals surface area contributed by atoms with Crippen molar-refractivity contribution in [1.82, 2.24) is 16.1 Å². The predicted octanol–water partition coefficient (Wildman–Crippen LogP) is 3.84. The fourth-order valence-corrected chi connectivity index (χ4v) is 4.02. The quantitative estimate of drug-likeness (QED) is 0.0300. The number of benzene rings is 3. The summed E-state index contributed by atoms with van der Waals surface area (Å²) in [7, 11) is 0. The summed E-state index contributed by atoms with van der Waals surface area (Å²) in [4.78, 5) is 48.3. The van der Waals surface area contributed by atoms with Gasteiger partial charge in [-0.2, -0.15) is 0 Å². The second-order valence-corrected chi connectivity index (χ2v) is 9.48. The molecule has 0 fully saturated rings. The van der Waals surface area contributed by atoms with Crippen LogP contribution in [-0.4, -0.2) is 45.5 Å². The Morgan fingerprint density at radius 1 is 0.955 bits per heavy atom. The first-order valence-corrected chi connectivity index (χ1v) is 12.9. The van der Waals surface area contributed by atoms with Gasteiger partial charge in [-0.1, -0.05) is 12.1 Å². The Balaban J connectivity index is 2.03. The Morgan fingerprint density at radius 3 is 2.09 bits per heavy atom. The molecule has 3 aromatic rings. The number of nitrogens with one attached hydrogen (secondary N) is 3. The van der Waals surface area contributed by atoms with Gasteiger partial charge in [0.05, 0.1) is 10.5 Å². The number of rotatable bonds is 12. The molecule has 3 aromatic carbocycles. The van der Waals surface area contributed by atoms with Gasteiger partial charge in [0.2, 0.25) is 11.8 Å². The zero-order valence-corrected chi connectivity index (χ0v) is 23.0. The second kappa shape index (κ2) is 14.7. The Kier molecular flexibility index (Phi) is 11.1. The predicted molar refractivity (Wildman–Crippen MR) is 148 cm³/mol. The number of halogens is 4. The molecular formula is C29H26F4N4O7. The number of aromatic hydroxyl groups is 1. The maximum absolute atomic E-state index is 14.8. The number of hydrogen-bond acceptors (Lipinski definition) is 7.